The Hall–Kier alpha value is -5.54. The number of carbonyl (C=O) groups excluding carboxylic acids is 1. The molecule has 6 aromatic rings. The summed E-state index contributed by atoms with van der Waals surface area (Å²) in [6.45, 7) is 0. The normalized spacial score (nSPS) is 11.8. The Kier molecular flexibility index (Phi) is 5.42. The van der Waals surface area contributed by atoms with Crippen LogP contribution in [0, 0.1) is 0 Å². The van der Waals surface area contributed by atoms with E-state index in [1.165, 1.54) is 6.07 Å². The summed E-state index contributed by atoms with van der Waals surface area (Å²) < 4.78 is 32.2. The molecule has 0 aliphatic carbocycles. The van der Waals surface area contributed by atoms with Crippen LogP contribution in [0.25, 0.3) is 33.4 Å². The highest BCUT2D eigenvalue weighted by Crippen LogP contribution is 2.36. The van der Waals surface area contributed by atoms with Crippen molar-refractivity contribution in [3.63, 3.8) is 0 Å². The lowest BCUT2D eigenvalue weighted by Crippen LogP contribution is -2.08. The van der Waals surface area contributed by atoms with Crippen LogP contribution in [0.4, 0.5) is 0 Å². The molecule has 14 nitrogen and oxygen atoms in total. The molecule has 0 unspecified atom stereocenters. The van der Waals surface area contributed by atoms with Crippen molar-refractivity contribution < 1.29 is 38.2 Å². The van der Waals surface area contributed by atoms with Gasteiger partial charge in [-0.2, -0.15) is 8.42 Å². The first kappa shape index (κ1) is 24.8. The topological polar surface area (TPSA) is 214 Å². The summed E-state index contributed by atoms with van der Waals surface area (Å²) in [4.78, 5) is 15.1. The molecule has 15 heteroatoms. The zero-order chi connectivity index (χ0) is 28.3. The van der Waals surface area contributed by atoms with E-state index in [9.17, 15) is 38.2 Å². The third-order valence-corrected chi connectivity index (χ3v) is 6.89. The molecule has 0 atom stereocenters. The lowest BCUT2D eigenvalue weighted by Gasteiger charge is -2.11. The van der Waals surface area contributed by atoms with Crippen molar-refractivity contribution in [2.45, 2.75) is 4.90 Å². The first-order valence-electron chi connectivity index (χ1n) is 11.3. The molecule has 5 N–H and O–H groups in total. The van der Waals surface area contributed by atoms with Crippen molar-refractivity contribution in [1.82, 2.24) is 30.0 Å². The first-order chi connectivity index (χ1) is 19.0. The van der Waals surface area contributed by atoms with Crippen molar-refractivity contribution in [2.24, 2.45) is 0 Å². The zero-order valence-electron chi connectivity index (χ0n) is 19.9. The molecule has 0 aliphatic heterocycles. The Balaban J connectivity index is 1.44. The molecule has 0 spiro atoms. The highest BCUT2D eigenvalue weighted by molar-refractivity contribution is 7.85. The SMILES string of the molecule is O=C(c1cc(-n2nc3ccccc3n2)c(O)cc1O)c1cc(-n2nc3ccc(S(=O)(=O)O)cc3n2)c(O)cc1O. The van der Waals surface area contributed by atoms with Gasteiger partial charge in [0.15, 0.2) is 0 Å². The number of aromatic nitrogens is 6. The zero-order valence-corrected chi connectivity index (χ0v) is 20.7. The molecule has 200 valence electrons. The minimum atomic E-state index is -4.51. The van der Waals surface area contributed by atoms with E-state index in [0.717, 1.165) is 46.0 Å². The largest absolute Gasteiger partial charge is 0.507 e. The Labute approximate surface area is 223 Å². The van der Waals surface area contributed by atoms with E-state index < -0.39 is 43.8 Å². The number of carbonyl (C=O) groups is 1. The van der Waals surface area contributed by atoms with Gasteiger partial charge in [0, 0.05) is 12.1 Å². The Morgan fingerprint density at radius 1 is 0.600 bits per heavy atom. The number of benzene rings is 4. The van der Waals surface area contributed by atoms with Gasteiger partial charge in [-0.05, 0) is 42.5 Å². The minimum Gasteiger partial charge on any atom is -0.507 e. The van der Waals surface area contributed by atoms with Crippen molar-refractivity contribution in [3.05, 3.63) is 77.9 Å². The molecule has 2 heterocycles. The van der Waals surface area contributed by atoms with Gasteiger partial charge >= 0.3 is 0 Å². The number of phenolic OH excluding ortho intramolecular Hbond substituents is 4. The fourth-order valence-corrected chi connectivity index (χ4v) is 4.59. The van der Waals surface area contributed by atoms with E-state index in [0.29, 0.717) is 11.0 Å². The molecule has 0 saturated heterocycles. The average molecular weight is 561 g/mol. The highest BCUT2D eigenvalue weighted by atomic mass is 32.2. The molecule has 40 heavy (non-hydrogen) atoms. The maximum absolute atomic E-state index is 13.5. The van der Waals surface area contributed by atoms with Crippen LogP contribution in [0.1, 0.15) is 15.9 Å². The molecule has 0 amide bonds. The van der Waals surface area contributed by atoms with E-state index in [1.54, 1.807) is 24.3 Å². The molecule has 6 rings (SSSR count). The third kappa shape index (κ3) is 4.11. The van der Waals surface area contributed by atoms with Gasteiger partial charge in [0.1, 0.15) is 56.4 Å². The molecular weight excluding hydrogens is 544 g/mol. The van der Waals surface area contributed by atoms with E-state index in [4.69, 9.17) is 0 Å². The van der Waals surface area contributed by atoms with Crippen molar-refractivity contribution in [1.29, 1.82) is 0 Å². The minimum absolute atomic E-state index is 0.0227. The number of fused-ring (bicyclic) bond motifs is 2. The predicted octanol–water partition coefficient (Wildman–Crippen LogP) is 2.45. The van der Waals surface area contributed by atoms with Crippen LogP contribution in [0.5, 0.6) is 23.0 Å². The Morgan fingerprint density at radius 2 is 1.05 bits per heavy atom. The van der Waals surface area contributed by atoms with Crippen LogP contribution in [0.3, 0.4) is 0 Å². The summed E-state index contributed by atoms with van der Waals surface area (Å²) in [5.74, 6) is -3.06. The van der Waals surface area contributed by atoms with Crippen molar-refractivity contribution in [2.75, 3.05) is 0 Å². The van der Waals surface area contributed by atoms with Gasteiger partial charge in [-0.15, -0.1) is 30.0 Å². The molecular formula is C25H16N6O8S. The van der Waals surface area contributed by atoms with E-state index in [2.05, 4.69) is 20.4 Å². The summed E-state index contributed by atoms with van der Waals surface area (Å²) >= 11 is 0. The second-order valence-electron chi connectivity index (χ2n) is 8.64. The number of ketones is 1. The molecule has 0 saturated carbocycles. The van der Waals surface area contributed by atoms with Crippen LogP contribution in [0.15, 0.2) is 71.6 Å². The number of phenols is 4. The monoisotopic (exact) mass is 560 g/mol. The Bertz CT molecular complexity index is 2090. The molecule has 0 bridgehead atoms. The van der Waals surface area contributed by atoms with Gasteiger partial charge < -0.3 is 20.4 Å². The van der Waals surface area contributed by atoms with Crippen LogP contribution < -0.4 is 0 Å². The van der Waals surface area contributed by atoms with E-state index >= 15 is 0 Å². The molecule has 0 fully saturated rings. The lowest BCUT2D eigenvalue weighted by atomic mass is 9.99. The second-order valence-corrected chi connectivity index (χ2v) is 10.1. The van der Waals surface area contributed by atoms with Gasteiger partial charge in [-0.25, -0.2) is 0 Å². The first-order valence-corrected chi connectivity index (χ1v) is 12.8. The van der Waals surface area contributed by atoms with E-state index in [-0.39, 0.29) is 33.5 Å². The standard InChI is InChI=1S/C25H16N6O8S/c32-21-10-23(34)19(30-26-15-3-1-2-4-16(15)27-30)8-13(21)25(36)14-9-20(24(35)11-22(14)33)31-28-17-6-5-12(40(37,38)39)7-18(17)29-31/h1-11,32-35H,(H,37,38,39). The lowest BCUT2D eigenvalue weighted by molar-refractivity contribution is 0.103. The van der Waals surface area contributed by atoms with Crippen LogP contribution >= 0.6 is 0 Å². The summed E-state index contributed by atoms with van der Waals surface area (Å²) in [5.41, 5.74) is 0.423. The molecule has 2 aromatic heterocycles. The summed E-state index contributed by atoms with van der Waals surface area (Å²) in [7, 11) is -4.51. The fraction of sp³-hybridized carbons (Fsp3) is 0. The number of nitrogens with zero attached hydrogens (tertiary/aromatic N) is 6. The maximum atomic E-state index is 13.5. The molecule has 0 aliphatic rings. The second kappa shape index (κ2) is 8.75. The average Bonchev–Trinajstić information content (AvgIpc) is 3.51. The predicted molar refractivity (Wildman–Crippen MR) is 138 cm³/mol. The van der Waals surface area contributed by atoms with Gasteiger partial charge in [-0.3, -0.25) is 9.35 Å². The van der Waals surface area contributed by atoms with Crippen molar-refractivity contribution >= 4 is 38.0 Å². The molecule has 4 aromatic carbocycles. The maximum Gasteiger partial charge on any atom is 0.294 e. The van der Waals surface area contributed by atoms with Crippen LogP contribution in [-0.4, -0.2) is 69.2 Å². The number of hydrogen-bond acceptors (Lipinski definition) is 11. The van der Waals surface area contributed by atoms with Crippen LogP contribution in [0.2, 0.25) is 0 Å². The quantitative estimate of drug-likeness (QED) is 0.152. The molecule has 0 radical (unpaired) electrons. The number of hydrogen-bond donors (Lipinski definition) is 5. The smallest absolute Gasteiger partial charge is 0.294 e. The highest BCUT2D eigenvalue weighted by Gasteiger charge is 2.24. The van der Waals surface area contributed by atoms with Gasteiger partial charge in [0.25, 0.3) is 10.1 Å². The van der Waals surface area contributed by atoms with Crippen LogP contribution in [-0.2, 0) is 10.1 Å². The van der Waals surface area contributed by atoms with Gasteiger partial charge in [0.05, 0.1) is 16.0 Å². The number of rotatable bonds is 5. The van der Waals surface area contributed by atoms with Gasteiger partial charge in [-0.1, -0.05) is 12.1 Å². The number of aromatic hydroxyl groups is 4. The Morgan fingerprint density at radius 3 is 1.52 bits per heavy atom. The summed E-state index contributed by atoms with van der Waals surface area (Å²) in [5, 5.41) is 58.7. The summed E-state index contributed by atoms with van der Waals surface area (Å²) in [6.07, 6.45) is 0. The fourth-order valence-electron chi connectivity index (χ4n) is 4.09. The van der Waals surface area contributed by atoms with Crippen molar-refractivity contribution in [3.8, 4) is 34.4 Å². The third-order valence-electron chi connectivity index (χ3n) is 6.04. The van der Waals surface area contributed by atoms with E-state index in [1.807, 2.05) is 0 Å². The summed E-state index contributed by atoms with van der Waals surface area (Å²) in [6, 6.07) is 14.4. The van der Waals surface area contributed by atoms with Gasteiger partial charge in [0.2, 0.25) is 5.78 Å².